The van der Waals surface area contributed by atoms with Crippen molar-refractivity contribution in [3.05, 3.63) is 40.0 Å². The second kappa shape index (κ2) is 5.41. The van der Waals surface area contributed by atoms with E-state index in [1.165, 1.54) is 11.5 Å². The van der Waals surface area contributed by atoms with Gasteiger partial charge in [0.25, 0.3) is 0 Å². The first-order chi connectivity index (χ1) is 12.5. The van der Waals surface area contributed by atoms with Gasteiger partial charge in [-0.3, -0.25) is 4.68 Å². The third-order valence-electron chi connectivity index (χ3n) is 4.90. The van der Waals surface area contributed by atoms with Crippen LogP contribution in [0.4, 0.5) is 0 Å². The molecule has 4 heterocycles. The van der Waals surface area contributed by atoms with E-state index in [0.717, 1.165) is 51.4 Å². The first kappa shape index (κ1) is 15.6. The van der Waals surface area contributed by atoms with E-state index in [0.29, 0.717) is 11.8 Å². The van der Waals surface area contributed by atoms with Crippen molar-refractivity contribution in [2.45, 2.75) is 39.0 Å². The minimum Gasteiger partial charge on any atom is -0.266 e. The fraction of sp³-hybridized carbons (Fsp3) is 0.412. The summed E-state index contributed by atoms with van der Waals surface area (Å²) in [5.41, 5.74) is 4.82. The van der Waals surface area contributed by atoms with Gasteiger partial charge in [-0.1, -0.05) is 0 Å². The molecular weight excluding hydrogens is 348 g/mol. The first-order valence-electron chi connectivity index (χ1n) is 8.55. The van der Waals surface area contributed by atoms with Crippen LogP contribution in [0.15, 0.2) is 12.1 Å². The van der Waals surface area contributed by atoms with Gasteiger partial charge in [0.1, 0.15) is 16.5 Å². The van der Waals surface area contributed by atoms with Crippen molar-refractivity contribution in [3.8, 4) is 11.4 Å². The van der Waals surface area contributed by atoms with E-state index in [9.17, 15) is 0 Å². The molecule has 4 aromatic rings. The Morgan fingerprint density at radius 1 is 1.08 bits per heavy atom. The Bertz CT molecular complexity index is 1140. The molecule has 5 rings (SSSR count). The number of aromatic nitrogens is 8. The van der Waals surface area contributed by atoms with Gasteiger partial charge < -0.3 is 0 Å². The second-order valence-corrected chi connectivity index (χ2v) is 7.69. The summed E-state index contributed by atoms with van der Waals surface area (Å²) < 4.78 is 8.00. The van der Waals surface area contributed by atoms with E-state index in [2.05, 4.69) is 25.6 Å². The van der Waals surface area contributed by atoms with Gasteiger partial charge in [0.2, 0.25) is 0 Å². The topological polar surface area (TPSA) is 86.7 Å². The zero-order chi connectivity index (χ0) is 18.0. The minimum absolute atomic E-state index is 0.420. The van der Waals surface area contributed by atoms with E-state index < -0.39 is 0 Å². The summed E-state index contributed by atoms with van der Waals surface area (Å²) in [5.74, 6) is 2.50. The molecule has 0 bridgehead atoms. The molecule has 1 aliphatic rings. The Hall–Kier alpha value is -2.68. The maximum Gasteiger partial charge on any atom is 0.180 e. The molecule has 0 N–H and O–H groups in total. The van der Waals surface area contributed by atoms with Gasteiger partial charge in [0.15, 0.2) is 11.5 Å². The maximum atomic E-state index is 4.74. The fourth-order valence-corrected chi connectivity index (χ4v) is 4.26. The van der Waals surface area contributed by atoms with Crippen LogP contribution in [0.2, 0.25) is 0 Å². The van der Waals surface area contributed by atoms with Crippen molar-refractivity contribution < 1.29 is 0 Å². The van der Waals surface area contributed by atoms with Gasteiger partial charge in [0, 0.05) is 18.9 Å². The number of fused-ring (bicyclic) bond motifs is 1. The molecule has 0 spiro atoms. The number of rotatable bonds is 3. The van der Waals surface area contributed by atoms with E-state index >= 15 is 0 Å². The lowest BCUT2D eigenvalue weighted by Crippen LogP contribution is -2.02. The monoisotopic (exact) mass is 366 g/mol. The van der Waals surface area contributed by atoms with Crippen LogP contribution in [0, 0.1) is 20.8 Å². The number of nitrogens with zero attached hydrogens (tertiary/aromatic N) is 8. The lowest BCUT2D eigenvalue weighted by Gasteiger charge is -2.04. The molecule has 0 radical (unpaired) electrons. The third kappa shape index (κ3) is 2.34. The SMILES string of the molecule is Cc1nsc(C2CC2c2cc(-c3cc(C)c4nnc(C)n4n3)n(C)n2)n1. The Balaban J connectivity index is 1.51. The van der Waals surface area contributed by atoms with Crippen LogP contribution in [0.3, 0.4) is 0 Å². The van der Waals surface area contributed by atoms with Crippen molar-refractivity contribution in [2.24, 2.45) is 7.05 Å². The Kier molecular flexibility index (Phi) is 3.24. The standard InChI is InChI=1S/C17H18N8S/c1-8-5-14(22-25-10(3)19-20-16(8)25)15-7-13(21-24(15)4)11-6-12(11)17-18-9(2)23-26-17/h5,7,11-12H,6H2,1-4H3. The van der Waals surface area contributed by atoms with Gasteiger partial charge in [-0.25, -0.2) is 4.98 Å². The van der Waals surface area contributed by atoms with Crippen LogP contribution in [0.5, 0.6) is 0 Å². The fourth-order valence-electron chi connectivity index (χ4n) is 3.42. The van der Waals surface area contributed by atoms with Crippen LogP contribution in [0.25, 0.3) is 17.0 Å². The average molecular weight is 366 g/mol. The van der Waals surface area contributed by atoms with E-state index in [1.54, 1.807) is 4.52 Å². The molecule has 4 aromatic heterocycles. The van der Waals surface area contributed by atoms with Gasteiger partial charge in [-0.2, -0.15) is 19.1 Å². The lowest BCUT2D eigenvalue weighted by atomic mass is 10.2. The first-order valence-corrected chi connectivity index (χ1v) is 9.33. The Morgan fingerprint density at radius 3 is 2.69 bits per heavy atom. The summed E-state index contributed by atoms with van der Waals surface area (Å²) >= 11 is 1.51. The van der Waals surface area contributed by atoms with Crippen LogP contribution in [0.1, 0.15) is 46.2 Å². The molecule has 9 heteroatoms. The van der Waals surface area contributed by atoms with E-state index in [1.807, 2.05) is 38.6 Å². The van der Waals surface area contributed by atoms with Crippen molar-refractivity contribution in [1.82, 2.24) is 38.9 Å². The van der Waals surface area contributed by atoms with Crippen molar-refractivity contribution >= 4 is 17.2 Å². The zero-order valence-corrected chi connectivity index (χ0v) is 15.8. The molecule has 0 aromatic carbocycles. The molecule has 8 nitrogen and oxygen atoms in total. The predicted octanol–water partition coefficient (Wildman–Crippen LogP) is 2.57. The van der Waals surface area contributed by atoms with Crippen LogP contribution in [-0.2, 0) is 7.05 Å². The van der Waals surface area contributed by atoms with Gasteiger partial charge in [-0.15, -0.1) is 10.2 Å². The van der Waals surface area contributed by atoms with Crippen molar-refractivity contribution in [3.63, 3.8) is 0 Å². The summed E-state index contributed by atoms with van der Waals surface area (Å²) in [7, 11) is 1.96. The number of hydrogen-bond donors (Lipinski definition) is 0. The highest BCUT2D eigenvalue weighted by Gasteiger charge is 2.44. The van der Waals surface area contributed by atoms with E-state index in [-0.39, 0.29) is 0 Å². The van der Waals surface area contributed by atoms with Crippen LogP contribution >= 0.6 is 11.5 Å². The lowest BCUT2D eigenvalue weighted by molar-refractivity contribution is 0.741. The molecule has 2 unspecified atom stereocenters. The molecule has 132 valence electrons. The highest BCUT2D eigenvalue weighted by molar-refractivity contribution is 7.05. The predicted molar refractivity (Wildman–Crippen MR) is 97.2 cm³/mol. The van der Waals surface area contributed by atoms with Gasteiger partial charge >= 0.3 is 0 Å². The largest absolute Gasteiger partial charge is 0.266 e. The molecule has 26 heavy (non-hydrogen) atoms. The van der Waals surface area contributed by atoms with Gasteiger partial charge in [0.05, 0.1) is 11.4 Å². The highest BCUT2D eigenvalue weighted by Crippen LogP contribution is 2.54. The summed E-state index contributed by atoms with van der Waals surface area (Å²) in [6.45, 7) is 5.87. The molecule has 1 aliphatic carbocycles. The molecular formula is C17H18N8S. The third-order valence-corrected chi connectivity index (χ3v) is 5.84. The van der Waals surface area contributed by atoms with Crippen LogP contribution < -0.4 is 0 Å². The minimum atomic E-state index is 0.420. The molecule has 1 fully saturated rings. The summed E-state index contributed by atoms with van der Waals surface area (Å²) in [6.07, 6.45) is 1.08. The summed E-state index contributed by atoms with van der Waals surface area (Å²) in [6, 6.07) is 4.19. The van der Waals surface area contributed by atoms with Crippen molar-refractivity contribution in [2.75, 3.05) is 0 Å². The van der Waals surface area contributed by atoms with Gasteiger partial charge in [-0.05, 0) is 56.4 Å². The maximum absolute atomic E-state index is 4.74. The molecule has 2 atom stereocenters. The Labute approximate surface area is 154 Å². The normalized spacial score (nSPS) is 19.4. The number of aryl methyl sites for hydroxylation is 4. The average Bonchev–Trinajstić information content (AvgIpc) is 2.91. The van der Waals surface area contributed by atoms with E-state index in [4.69, 9.17) is 10.2 Å². The van der Waals surface area contributed by atoms with Crippen LogP contribution in [-0.4, -0.2) is 38.9 Å². The summed E-state index contributed by atoms with van der Waals surface area (Å²) in [5, 5.41) is 18.9. The smallest absolute Gasteiger partial charge is 0.180 e. The summed E-state index contributed by atoms with van der Waals surface area (Å²) in [4.78, 5) is 4.53. The molecule has 0 amide bonds. The van der Waals surface area contributed by atoms with Crippen molar-refractivity contribution in [1.29, 1.82) is 0 Å². The number of hydrogen-bond acceptors (Lipinski definition) is 7. The molecule has 1 saturated carbocycles. The Morgan fingerprint density at radius 2 is 1.92 bits per heavy atom. The molecule has 0 aliphatic heterocycles. The molecule has 0 saturated heterocycles. The highest BCUT2D eigenvalue weighted by atomic mass is 32.1. The zero-order valence-electron chi connectivity index (χ0n) is 15.0. The second-order valence-electron chi connectivity index (χ2n) is 6.90. The quantitative estimate of drug-likeness (QED) is 0.554.